The summed E-state index contributed by atoms with van der Waals surface area (Å²) in [7, 11) is 0. The van der Waals surface area contributed by atoms with E-state index in [1.54, 1.807) is 0 Å². The first kappa shape index (κ1) is 9.66. The van der Waals surface area contributed by atoms with Crippen LogP contribution in [-0.4, -0.2) is 0 Å². The molecular formula is C12H10BrF. The number of hydrogen-bond donors (Lipinski definition) is 0. The Morgan fingerprint density at radius 3 is 2.57 bits per heavy atom. The van der Waals surface area contributed by atoms with Crippen molar-refractivity contribution in [3.05, 3.63) is 47.8 Å². The molecule has 2 rings (SSSR count). The van der Waals surface area contributed by atoms with E-state index in [4.69, 9.17) is 0 Å². The molecule has 2 aromatic carbocycles. The van der Waals surface area contributed by atoms with Crippen molar-refractivity contribution in [1.29, 1.82) is 0 Å². The van der Waals surface area contributed by atoms with Gasteiger partial charge in [-0.25, -0.2) is 4.39 Å². The molecule has 2 aromatic rings. The van der Waals surface area contributed by atoms with Crippen molar-refractivity contribution < 1.29 is 4.39 Å². The predicted octanol–water partition coefficient (Wildman–Crippen LogP) is 4.43. The van der Waals surface area contributed by atoms with Gasteiger partial charge in [0.15, 0.2) is 0 Å². The lowest BCUT2D eigenvalue weighted by Gasteiger charge is -2.09. The highest BCUT2D eigenvalue weighted by molar-refractivity contribution is 9.09. The third-order valence-electron chi connectivity index (χ3n) is 2.32. The molecule has 0 heterocycles. The summed E-state index contributed by atoms with van der Waals surface area (Å²) < 4.78 is 13.5. The van der Waals surface area contributed by atoms with E-state index in [-0.39, 0.29) is 10.6 Å². The highest BCUT2D eigenvalue weighted by Crippen LogP contribution is 2.31. The lowest BCUT2D eigenvalue weighted by atomic mass is 10.0. The van der Waals surface area contributed by atoms with Crippen molar-refractivity contribution >= 4 is 26.7 Å². The third kappa shape index (κ3) is 1.55. The molecule has 14 heavy (non-hydrogen) atoms. The standard InChI is InChI=1S/C12H10BrF/c1-8(13)12-10-5-3-2-4-9(10)6-7-11(12)14/h2-8H,1H3. The average Bonchev–Trinajstić information content (AvgIpc) is 2.17. The molecule has 1 unspecified atom stereocenters. The molecule has 0 aliphatic rings. The van der Waals surface area contributed by atoms with Crippen LogP contribution >= 0.6 is 15.9 Å². The van der Waals surface area contributed by atoms with Crippen LogP contribution in [0.25, 0.3) is 10.8 Å². The first-order chi connectivity index (χ1) is 6.70. The smallest absolute Gasteiger partial charge is 0.128 e. The molecule has 0 nitrogen and oxygen atoms in total. The van der Waals surface area contributed by atoms with E-state index in [2.05, 4.69) is 15.9 Å². The van der Waals surface area contributed by atoms with Crippen LogP contribution in [-0.2, 0) is 0 Å². The minimum absolute atomic E-state index is 0.0357. The molecule has 0 saturated heterocycles. The third-order valence-corrected chi connectivity index (χ3v) is 2.77. The van der Waals surface area contributed by atoms with Gasteiger partial charge in [0, 0.05) is 10.4 Å². The van der Waals surface area contributed by atoms with Crippen molar-refractivity contribution in [1.82, 2.24) is 0 Å². The van der Waals surface area contributed by atoms with Crippen LogP contribution < -0.4 is 0 Å². The van der Waals surface area contributed by atoms with Crippen molar-refractivity contribution in [3.8, 4) is 0 Å². The van der Waals surface area contributed by atoms with Crippen LogP contribution in [0.4, 0.5) is 4.39 Å². The SMILES string of the molecule is CC(Br)c1c(F)ccc2ccccc12. The summed E-state index contributed by atoms with van der Waals surface area (Å²) in [5.41, 5.74) is 0.739. The fourth-order valence-corrected chi connectivity index (χ4v) is 2.14. The number of rotatable bonds is 1. The van der Waals surface area contributed by atoms with Gasteiger partial charge < -0.3 is 0 Å². The van der Waals surface area contributed by atoms with Crippen LogP contribution in [0.15, 0.2) is 36.4 Å². The fraction of sp³-hybridized carbons (Fsp3) is 0.167. The molecule has 0 aliphatic carbocycles. The van der Waals surface area contributed by atoms with Gasteiger partial charge in [-0.3, -0.25) is 0 Å². The summed E-state index contributed by atoms with van der Waals surface area (Å²) in [6, 6.07) is 11.2. The van der Waals surface area contributed by atoms with E-state index in [0.717, 1.165) is 16.3 Å². The lowest BCUT2D eigenvalue weighted by molar-refractivity contribution is 0.614. The quantitative estimate of drug-likeness (QED) is 0.659. The molecule has 0 N–H and O–H groups in total. The Labute approximate surface area is 90.9 Å². The van der Waals surface area contributed by atoms with Gasteiger partial charge in [0.25, 0.3) is 0 Å². The van der Waals surface area contributed by atoms with E-state index in [1.807, 2.05) is 37.3 Å². The Kier molecular flexibility index (Phi) is 2.55. The summed E-state index contributed by atoms with van der Waals surface area (Å²) >= 11 is 3.41. The second kappa shape index (κ2) is 3.70. The molecule has 0 aliphatic heterocycles. The topological polar surface area (TPSA) is 0 Å². The minimum Gasteiger partial charge on any atom is -0.207 e. The zero-order valence-corrected chi connectivity index (χ0v) is 9.38. The van der Waals surface area contributed by atoms with Crippen LogP contribution in [0.2, 0.25) is 0 Å². The van der Waals surface area contributed by atoms with Gasteiger partial charge in [-0.1, -0.05) is 46.3 Å². The van der Waals surface area contributed by atoms with Gasteiger partial charge in [-0.2, -0.15) is 0 Å². The normalized spacial score (nSPS) is 13.1. The van der Waals surface area contributed by atoms with Crippen LogP contribution in [0.3, 0.4) is 0 Å². The van der Waals surface area contributed by atoms with Gasteiger partial charge in [-0.05, 0) is 23.8 Å². The zero-order valence-electron chi connectivity index (χ0n) is 7.80. The van der Waals surface area contributed by atoms with Gasteiger partial charge in [0.1, 0.15) is 5.82 Å². The number of fused-ring (bicyclic) bond motifs is 1. The maximum atomic E-state index is 13.5. The van der Waals surface area contributed by atoms with E-state index in [1.165, 1.54) is 6.07 Å². The first-order valence-corrected chi connectivity index (χ1v) is 5.43. The van der Waals surface area contributed by atoms with Crippen LogP contribution in [0.1, 0.15) is 17.3 Å². The Hall–Kier alpha value is -0.890. The van der Waals surface area contributed by atoms with Gasteiger partial charge in [-0.15, -0.1) is 0 Å². The van der Waals surface area contributed by atoms with Gasteiger partial charge >= 0.3 is 0 Å². The van der Waals surface area contributed by atoms with E-state index >= 15 is 0 Å². The molecule has 0 radical (unpaired) electrons. The molecule has 0 fully saturated rings. The maximum Gasteiger partial charge on any atom is 0.128 e. The van der Waals surface area contributed by atoms with Crippen molar-refractivity contribution in [2.45, 2.75) is 11.8 Å². The number of alkyl halides is 1. The monoisotopic (exact) mass is 252 g/mol. The Balaban J connectivity index is 2.83. The van der Waals surface area contributed by atoms with Gasteiger partial charge in [0.2, 0.25) is 0 Å². The summed E-state index contributed by atoms with van der Waals surface area (Å²) in [4.78, 5) is 0.0357. The van der Waals surface area contributed by atoms with Crippen molar-refractivity contribution in [3.63, 3.8) is 0 Å². The molecule has 0 bridgehead atoms. The van der Waals surface area contributed by atoms with E-state index in [0.29, 0.717) is 0 Å². The van der Waals surface area contributed by atoms with E-state index < -0.39 is 0 Å². The molecular weight excluding hydrogens is 243 g/mol. The molecule has 0 aromatic heterocycles. The summed E-state index contributed by atoms with van der Waals surface area (Å²) in [5.74, 6) is -0.145. The van der Waals surface area contributed by atoms with Gasteiger partial charge in [0.05, 0.1) is 0 Å². The summed E-state index contributed by atoms with van der Waals surface area (Å²) in [6.07, 6.45) is 0. The molecule has 0 saturated carbocycles. The maximum absolute atomic E-state index is 13.5. The first-order valence-electron chi connectivity index (χ1n) is 4.51. The Morgan fingerprint density at radius 1 is 1.14 bits per heavy atom. The summed E-state index contributed by atoms with van der Waals surface area (Å²) in [5, 5.41) is 2.06. The van der Waals surface area contributed by atoms with Crippen LogP contribution in [0.5, 0.6) is 0 Å². The predicted molar refractivity (Wildman–Crippen MR) is 61.2 cm³/mol. The fourth-order valence-electron chi connectivity index (χ4n) is 1.67. The second-order valence-electron chi connectivity index (χ2n) is 3.30. The summed E-state index contributed by atoms with van der Waals surface area (Å²) in [6.45, 7) is 1.94. The highest BCUT2D eigenvalue weighted by atomic mass is 79.9. The highest BCUT2D eigenvalue weighted by Gasteiger charge is 2.11. The zero-order chi connectivity index (χ0) is 10.1. The molecule has 2 heteroatoms. The number of halogens is 2. The second-order valence-corrected chi connectivity index (χ2v) is 4.67. The lowest BCUT2D eigenvalue weighted by Crippen LogP contribution is -1.91. The molecule has 0 spiro atoms. The number of benzene rings is 2. The largest absolute Gasteiger partial charge is 0.207 e. The van der Waals surface area contributed by atoms with Crippen molar-refractivity contribution in [2.24, 2.45) is 0 Å². The molecule has 0 amide bonds. The van der Waals surface area contributed by atoms with E-state index in [9.17, 15) is 4.39 Å². The Morgan fingerprint density at radius 2 is 1.86 bits per heavy atom. The average molecular weight is 253 g/mol. The molecule has 1 atom stereocenters. The molecule has 72 valence electrons. The number of hydrogen-bond acceptors (Lipinski definition) is 0. The van der Waals surface area contributed by atoms with Crippen LogP contribution in [0, 0.1) is 5.82 Å². The van der Waals surface area contributed by atoms with Crippen molar-refractivity contribution in [2.75, 3.05) is 0 Å². The minimum atomic E-state index is -0.145. The Bertz CT molecular complexity index is 463.